The number of imidazole rings is 2. The van der Waals surface area contributed by atoms with E-state index in [1.807, 2.05) is 12.4 Å². The molecule has 1 unspecified atom stereocenters. The van der Waals surface area contributed by atoms with Crippen molar-refractivity contribution >= 4 is 11.9 Å². The van der Waals surface area contributed by atoms with E-state index in [9.17, 15) is 9.59 Å². The zero-order valence-electron chi connectivity index (χ0n) is 26.9. The van der Waals surface area contributed by atoms with Gasteiger partial charge in [-0.15, -0.1) is 0 Å². The zero-order valence-corrected chi connectivity index (χ0v) is 26.9. The number of unbranched alkanes of at least 4 members (excludes halogenated alkanes) is 1. The summed E-state index contributed by atoms with van der Waals surface area (Å²) in [7, 11) is 3.29. The van der Waals surface area contributed by atoms with Crippen LogP contribution in [0.4, 0.5) is 0 Å². The van der Waals surface area contributed by atoms with E-state index in [1.165, 1.54) is 56.9 Å². The number of likely N-dealkylation sites (tertiary alicyclic amines) is 2. The number of hydrogen-bond acceptors (Lipinski definition) is 8. The molecule has 2 N–H and O–H groups in total. The van der Waals surface area contributed by atoms with Gasteiger partial charge in [0.05, 0.1) is 6.04 Å². The molecule has 11 heteroatoms. The van der Waals surface area contributed by atoms with Crippen molar-refractivity contribution in [3.05, 3.63) is 36.4 Å². The molecule has 0 saturated carbocycles. The fraction of sp³-hybridized carbons (Fsp3) is 0.750. The first kappa shape index (κ1) is 33.1. The van der Waals surface area contributed by atoms with Gasteiger partial charge in [-0.3, -0.25) is 9.59 Å². The number of aryl methyl sites for hydroxylation is 1. The second-order valence-electron chi connectivity index (χ2n) is 13.2. The number of hydrogen-bond donors (Lipinski definition) is 2. The molecule has 1 spiro atoms. The molecule has 0 radical (unpaired) electrons. The maximum absolute atomic E-state index is 12.0. The van der Waals surface area contributed by atoms with Crippen LogP contribution in [0.5, 0.6) is 0 Å². The first-order valence-corrected chi connectivity index (χ1v) is 16.3. The standard InChI is InChI=1S/C32H54N8O3/c1-26(2)23-38-18-9-32(10-19-38)11-20-39(25-32)16-7-17-40-21-15-36-31(40)27(22-28-34-13-14-35-28)33-12-6-5-8-30(42)43-24-29(41)37(3)4/h13-15,21,26-27,33H,5-12,16-20,22-25H2,1-4H3,(H,34,35). The molecule has 0 bridgehead atoms. The molecule has 240 valence electrons. The van der Waals surface area contributed by atoms with Crippen molar-refractivity contribution in [2.75, 3.05) is 66.5 Å². The molecule has 2 fully saturated rings. The summed E-state index contributed by atoms with van der Waals surface area (Å²) in [5, 5.41) is 3.65. The Labute approximate surface area is 257 Å². The van der Waals surface area contributed by atoms with E-state index >= 15 is 0 Å². The smallest absolute Gasteiger partial charge is 0.306 e. The summed E-state index contributed by atoms with van der Waals surface area (Å²) < 4.78 is 7.37. The van der Waals surface area contributed by atoms with Gasteiger partial charge >= 0.3 is 5.97 Å². The minimum absolute atomic E-state index is 0.0110. The summed E-state index contributed by atoms with van der Waals surface area (Å²) in [6, 6.07) is 0.0110. The normalized spacial score (nSPS) is 18.0. The lowest BCUT2D eigenvalue weighted by Crippen LogP contribution is -2.42. The number of nitrogens with one attached hydrogen (secondary N) is 2. The fourth-order valence-electron chi connectivity index (χ4n) is 6.51. The van der Waals surface area contributed by atoms with Crippen molar-refractivity contribution in [2.24, 2.45) is 11.3 Å². The SMILES string of the molecule is CC(C)CN1CCC2(CC1)CCN(CCCn1ccnc1C(Cc1ncc[nH]1)NCCCCC(=O)OCC(=O)N(C)C)C2. The number of H-pyrrole nitrogens is 1. The summed E-state index contributed by atoms with van der Waals surface area (Å²) in [6.07, 6.45) is 15.3. The molecule has 0 aromatic carbocycles. The zero-order chi connectivity index (χ0) is 30.7. The van der Waals surface area contributed by atoms with Crippen molar-refractivity contribution in [1.29, 1.82) is 0 Å². The van der Waals surface area contributed by atoms with Gasteiger partial charge in [-0.05, 0) is 82.6 Å². The number of carbonyl (C=O) groups excluding carboxylic acids is 2. The number of amides is 1. The molecular weight excluding hydrogens is 544 g/mol. The van der Waals surface area contributed by atoms with Gasteiger partial charge in [0, 0.05) is 71.4 Å². The molecule has 4 rings (SSSR count). The largest absolute Gasteiger partial charge is 0.456 e. The first-order valence-electron chi connectivity index (χ1n) is 16.3. The predicted octanol–water partition coefficient (Wildman–Crippen LogP) is 3.12. The van der Waals surface area contributed by atoms with Crippen LogP contribution in [0, 0.1) is 11.3 Å². The maximum Gasteiger partial charge on any atom is 0.306 e. The number of ether oxygens (including phenoxy) is 1. The van der Waals surface area contributed by atoms with Crippen molar-refractivity contribution in [1.82, 2.24) is 39.5 Å². The highest BCUT2D eigenvalue weighted by Gasteiger charge is 2.40. The Kier molecular flexibility index (Phi) is 12.6. The third-order valence-electron chi connectivity index (χ3n) is 9.00. The topological polar surface area (TPSA) is 112 Å². The van der Waals surface area contributed by atoms with Gasteiger partial charge in [-0.2, -0.15) is 0 Å². The van der Waals surface area contributed by atoms with Crippen LogP contribution < -0.4 is 5.32 Å². The van der Waals surface area contributed by atoms with E-state index < -0.39 is 0 Å². The average Bonchev–Trinajstić information content (AvgIpc) is 3.74. The number of rotatable bonds is 17. The Morgan fingerprint density at radius 1 is 1.05 bits per heavy atom. The summed E-state index contributed by atoms with van der Waals surface area (Å²) >= 11 is 0. The lowest BCUT2D eigenvalue weighted by atomic mass is 9.77. The summed E-state index contributed by atoms with van der Waals surface area (Å²) in [4.78, 5) is 42.8. The lowest BCUT2D eigenvalue weighted by Gasteiger charge is -2.40. The Hall–Kier alpha value is -2.76. The summed E-state index contributed by atoms with van der Waals surface area (Å²) in [5.74, 6) is 2.14. The van der Waals surface area contributed by atoms with Gasteiger partial charge in [0.15, 0.2) is 6.61 Å². The number of esters is 1. The molecule has 2 aromatic heterocycles. The molecule has 2 aliphatic heterocycles. The van der Waals surface area contributed by atoms with Gasteiger partial charge in [0.1, 0.15) is 11.6 Å². The van der Waals surface area contributed by atoms with E-state index in [0.717, 1.165) is 50.0 Å². The highest BCUT2D eigenvalue weighted by atomic mass is 16.5. The van der Waals surface area contributed by atoms with Crippen molar-refractivity contribution in [3.8, 4) is 0 Å². The lowest BCUT2D eigenvalue weighted by molar-refractivity contribution is -0.151. The minimum atomic E-state index is -0.335. The molecule has 1 atom stereocenters. The van der Waals surface area contributed by atoms with E-state index in [1.54, 1.807) is 20.3 Å². The minimum Gasteiger partial charge on any atom is -0.456 e. The Morgan fingerprint density at radius 3 is 2.51 bits per heavy atom. The van der Waals surface area contributed by atoms with Crippen molar-refractivity contribution in [3.63, 3.8) is 0 Å². The van der Waals surface area contributed by atoms with Crippen LogP contribution in [0.3, 0.4) is 0 Å². The van der Waals surface area contributed by atoms with Crippen LogP contribution in [-0.4, -0.2) is 113 Å². The molecule has 43 heavy (non-hydrogen) atoms. The number of nitrogens with zero attached hydrogens (tertiary/aromatic N) is 6. The number of likely N-dealkylation sites (N-methyl/N-ethyl adjacent to an activating group) is 1. The third kappa shape index (κ3) is 10.4. The monoisotopic (exact) mass is 598 g/mol. The fourth-order valence-corrected chi connectivity index (χ4v) is 6.51. The van der Waals surface area contributed by atoms with Crippen LogP contribution in [0.2, 0.25) is 0 Å². The number of carbonyl (C=O) groups is 2. The molecule has 11 nitrogen and oxygen atoms in total. The molecular formula is C32H54N8O3. The van der Waals surface area contributed by atoms with E-state index in [4.69, 9.17) is 9.72 Å². The number of aromatic nitrogens is 4. The molecule has 1 amide bonds. The van der Waals surface area contributed by atoms with Gasteiger partial charge in [0.2, 0.25) is 0 Å². The van der Waals surface area contributed by atoms with Crippen molar-refractivity contribution in [2.45, 2.75) is 77.8 Å². The van der Waals surface area contributed by atoms with Crippen molar-refractivity contribution < 1.29 is 14.3 Å². The van der Waals surface area contributed by atoms with E-state index in [-0.39, 0.29) is 24.5 Å². The molecule has 2 aromatic rings. The van der Waals surface area contributed by atoms with Crippen LogP contribution in [0.15, 0.2) is 24.8 Å². The average molecular weight is 599 g/mol. The van der Waals surface area contributed by atoms with Gasteiger partial charge in [0.25, 0.3) is 5.91 Å². The Morgan fingerprint density at radius 2 is 1.81 bits per heavy atom. The molecule has 0 aliphatic carbocycles. The van der Waals surface area contributed by atoms with E-state index in [0.29, 0.717) is 24.7 Å². The highest BCUT2D eigenvalue weighted by Crippen LogP contribution is 2.40. The van der Waals surface area contributed by atoms with Gasteiger partial charge in [-0.1, -0.05) is 13.8 Å². The van der Waals surface area contributed by atoms with Crippen LogP contribution in [-0.2, 0) is 27.3 Å². The summed E-state index contributed by atoms with van der Waals surface area (Å²) in [6.45, 7) is 13.5. The second kappa shape index (κ2) is 16.4. The maximum atomic E-state index is 12.0. The summed E-state index contributed by atoms with van der Waals surface area (Å²) in [5.41, 5.74) is 0.534. The molecule has 2 aliphatic rings. The van der Waals surface area contributed by atoms with Crippen LogP contribution in [0.1, 0.15) is 76.5 Å². The molecule has 2 saturated heterocycles. The predicted molar refractivity (Wildman–Crippen MR) is 167 cm³/mol. The Balaban J connectivity index is 1.21. The number of piperidine rings is 1. The third-order valence-corrected chi connectivity index (χ3v) is 9.00. The van der Waals surface area contributed by atoms with Gasteiger partial charge < -0.3 is 34.3 Å². The first-order chi connectivity index (χ1) is 20.7. The quantitative estimate of drug-likeness (QED) is 0.211. The number of aromatic amines is 1. The molecule has 4 heterocycles. The Bertz CT molecular complexity index is 1110. The van der Waals surface area contributed by atoms with Gasteiger partial charge in [-0.25, -0.2) is 9.97 Å². The van der Waals surface area contributed by atoms with Crippen LogP contribution >= 0.6 is 0 Å². The second-order valence-corrected chi connectivity index (χ2v) is 13.2. The van der Waals surface area contributed by atoms with Crippen LogP contribution in [0.25, 0.3) is 0 Å². The highest BCUT2D eigenvalue weighted by molar-refractivity contribution is 5.80. The van der Waals surface area contributed by atoms with E-state index in [2.05, 4.69) is 49.7 Å².